The van der Waals surface area contributed by atoms with Crippen molar-refractivity contribution >= 4 is 23.7 Å². The fourth-order valence-corrected chi connectivity index (χ4v) is 5.49. The number of urea groups is 1. The summed E-state index contributed by atoms with van der Waals surface area (Å²) in [5, 5.41) is 11.5. The van der Waals surface area contributed by atoms with Crippen molar-refractivity contribution in [3.05, 3.63) is 41.1 Å². The second-order valence-electron chi connectivity index (χ2n) is 9.91. The van der Waals surface area contributed by atoms with Crippen molar-refractivity contribution in [2.45, 2.75) is 84.7 Å². The maximum Gasteiger partial charge on any atom is 0.318 e. The molecule has 7 nitrogen and oxygen atoms in total. The van der Waals surface area contributed by atoms with E-state index in [4.69, 9.17) is 15.9 Å². The Balaban J connectivity index is 0.00000129. The number of rotatable bonds is 6. The van der Waals surface area contributed by atoms with E-state index >= 15 is 0 Å². The van der Waals surface area contributed by atoms with Crippen LogP contribution in [-0.2, 0) is 4.79 Å². The van der Waals surface area contributed by atoms with E-state index in [0.29, 0.717) is 29.3 Å². The molecule has 2 fully saturated rings. The summed E-state index contributed by atoms with van der Waals surface area (Å²) in [6, 6.07) is 8.79. The number of carbonyl (C=O) groups is 2. The summed E-state index contributed by atoms with van der Waals surface area (Å²) < 4.78 is 0. The number of nitrogens with one attached hydrogen (secondary N) is 2. The Morgan fingerprint density at radius 2 is 1.68 bits per heavy atom. The third-order valence-electron chi connectivity index (χ3n) is 7.06. The molecule has 2 aliphatic rings. The minimum Gasteiger partial charge on any atom is -0.402 e. The molecule has 3 rings (SSSR count). The summed E-state index contributed by atoms with van der Waals surface area (Å²) in [5.41, 5.74) is 14.2. The van der Waals surface area contributed by atoms with Crippen molar-refractivity contribution < 1.29 is 9.59 Å². The summed E-state index contributed by atoms with van der Waals surface area (Å²) in [6.45, 7) is 8.89. The molecule has 2 atom stereocenters. The Bertz CT molecular complexity index is 852. The van der Waals surface area contributed by atoms with Gasteiger partial charge in [0.05, 0.1) is 6.04 Å². The first kappa shape index (κ1) is 27.4. The van der Waals surface area contributed by atoms with Gasteiger partial charge in [0.25, 0.3) is 0 Å². The third kappa shape index (κ3) is 7.08. The molecule has 1 heterocycles. The first-order valence-corrected chi connectivity index (χ1v) is 12.6. The molecule has 1 aromatic rings. The highest BCUT2D eigenvalue weighted by Gasteiger charge is 2.34. The van der Waals surface area contributed by atoms with Crippen LogP contribution in [0.2, 0.25) is 0 Å². The van der Waals surface area contributed by atoms with Gasteiger partial charge in [0.1, 0.15) is 0 Å². The van der Waals surface area contributed by atoms with E-state index in [0.717, 1.165) is 48.9 Å². The van der Waals surface area contributed by atoms with Gasteiger partial charge >= 0.3 is 6.03 Å². The molecule has 1 saturated heterocycles. The van der Waals surface area contributed by atoms with E-state index in [2.05, 4.69) is 41.9 Å². The second kappa shape index (κ2) is 13.2. The average molecular weight is 470 g/mol. The van der Waals surface area contributed by atoms with Crippen LogP contribution in [-0.4, -0.2) is 35.6 Å². The van der Waals surface area contributed by atoms with E-state index in [1.54, 1.807) is 6.92 Å². The number of allylic oxidation sites excluding steroid dienone is 2. The molecule has 0 spiro atoms. The highest BCUT2D eigenvalue weighted by atomic mass is 16.2. The van der Waals surface area contributed by atoms with Crippen LogP contribution in [0, 0.1) is 17.2 Å². The number of carbonyl (C=O) groups excluding carboxylic acids is 2. The fraction of sp³-hybridized carbons (Fsp3) is 0.593. The first-order valence-electron chi connectivity index (χ1n) is 12.6. The lowest BCUT2D eigenvalue weighted by Gasteiger charge is -2.35. The number of likely N-dealkylation sites (tertiary alicyclic amines) is 1. The van der Waals surface area contributed by atoms with Gasteiger partial charge < -0.3 is 27.1 Å². The molecule has 1 saturated carbocycles. The smallest absolute Gasteiger partial charge is 0.318 e. The Hall–Kier alpha value is -2.83. The Labute approximate surface area is 204 Å². The molecule has 0 aromatic heterocycles. The minimum absolute atomic E-state index is 0.0303. The quantitative estimate of drug-likeness (QED) is 0.347. The van der Waals surface area contributed by atoms with Crippen LogP contribution >= 0.6 is 0 Å². The van der Waals surface area contributed by atoms with E-state index < -0.39 is 0 Å². The summed E-state index contributed by atoms with van der Waals surface area (Å²) in [4.78, 5) is 23.9. The van der Waals surface area contributed by atoms with Crippen molar-refractivity contribution in [2.75, 3.05) is 6.54 Å². The predicted molar refractivity (Wildman–Crippen MR) is 139 cm³/mol. The van der Waals surface area contributed by atoms with E-state index in [-0.39, 0.29) is 18.5 Å². The van der Waals surface area contributed by atoms with Crippen molar-refractivity contribution in [2.24, 2.45) is 23.3 Å². The van der Waals surface area contributed by atoms with Gasteiger partial charge in [-0.05, 0) is 62.5 Å². The van der Waals surface area contributed by atoms with E-state index in [9.17, 15) is 4.79 Å². The Kier molecular flexibility index (Phi) is 10.6. The average Bonchev–Trinajstić information content (AvgIpc) is 3.29. The summed E-state index contributed by atoms with van der Waals surface area (Å²) >= 11 is 0. The van der Waals surface area contributed by atoms with Crippen molar-refractivity contribution in [1.29, 1.82) is 5.41 Å². The molecule has 3 amide bonds. The van der Waals surface area contributed by atoms with Gasteiger partial charge in [-0.15, -0.1) is 0 Å². The predicted octanol–water partition coefficient (Wildman–Crippen LogP) is 4.97. The normalized spacial score (nSPS) is 20.1. The molecule has 1 aliphatic heterocycles. The number of amides is 3. The van der Waals surface area contributed by atoms with Crippen LogP contribution in [0.15, 0.2) is 30.0 Å². The second-order valence-corrected chi connectivity index (χ2v) is 9.91. The summed E-state index contributed by atoms with van der Waals surface area (Å²) in [5.74, 6) is 0.953. The third-order valence-corrected chi connectivity index (χ3v) is 7.06. The van der Waals surface area contributed by atoms with Crippen LogP contribution in [0.25, 0.3) is 5.57 Å². The van der Waals surface area contributed by atoms with Gasteiger partial charge in [-0.25, -0.2) is 4.79 Å². The molecule has 2 unspecified atom stereocenters. The molecule has 34 heavy (non-hydrogen) atoms. The van der Waals surface area contributed by atoms with Gasteiger partial charge in [0, 0.05) is 29.6 Å². The van der Waals surface area contributed by atoms with Gasteiger partial charge in [0.15, 0.2) is 0 Å². The molecule has 0 bridgehead atoms. The number of nitrogens with zero attached hydrogens (tertiary/aromatic N) is 1. The fourth-order valence-electron chi connectivity index (χ4n) is 5.49. The lowest BCUT2D eigenvalue weighted by molar-refractivity contribution is -0.106. The standard InChI is InChI=1S/C26H40N4O.CH3NO/c1-17(2)23-11-8-16-30(23)26(31)29-25(21-9-6-5-7-10-21)22-14-12-20(13-15-22)24(18(3)27)19(4)28;2-1-3/h12-15,17,21,23,25,27H,5-11,16,28H2,1-4H3,(H,29,31);1H,(H2,2,3)/b24-19+,27-18?;. The maximum absolute atomic E-state index is 13.3. The van der Waals surface area contributed by atoms with Crippen LogP contribution < -0.4 is 16.8 Å². The number of nitrogens with two attached hydrogens (primary N) is 2. The van der Waals surface area contributed by atoms with Gasteiger partial charge in [0.2, 0.25) is 6.41 Å². The molecular weight excluding hydrogens is 426 g/mol. The molecule has 6 N–H and O–H groups in total. The van der Waals surface area contributed by atoms with Crippen LogP contribution in [0.1, 0.15) is 89.8 Å². The highest BCUT2D eigenvalue weighted by molar-refractivity contribution is 6.21. The molecular formula is C27H43N5O2. The number of primary amides is 1. The van der Waals surface area contributed by atoms with Crippen LogP contribution in [0.4, 0.5) is 4.79 Å². The van der Waals surface area contributed by atoms with E-state index in [1.165, 1.54) is 19.3 Å². The monoisotopic (exact) mass is 469 g/mol. The first-order chi connectivity index (χ1) is 16.2. The van der Waals surface area contributed by atoms with Gasteiger partial charge in [-0.2, -0.15) is 0 Å². The van der Waals surface area contributed by atoms with Gasteiger partial charge in [-0.3, -0.25) is 4.79 Å². The molecule has 188 valence electrons. The zero-order valence-corrected chi connectivity index (χ0v) is 21.3. The van der Waals surface area contributed by atoms with Crippen LogP contribution in [0.5, 0.6) is 0 Å². The highest BCUT2D eigenvalue weighted by Crippen LogP contribution is 2.36. The molecule has 0 radical (unpaired) electrons. The largest absolute Gasteiger partial charge is 0.402 e. The zero-order chi connectivity index (χ0) is 25.3. The number of hydrogen-bond donors (Lipinski definition) is 4. The Morgan fingerprint density at radius 3 is 2.18 bits per heavy atom. The van der Waals surface area contributed by atoms with E-state index in [1.807, 2.05) is 19.1 Å². The number of hydrogen-bond acceptors (Lipinski definition) is 4. The van der Waals surface area contributed by atoms with Crippen molar-refractivity contribution in [3.63, 3.8) is 0 Å². The Morgan fingerprint density at radius 1 is 1.09 bits per heavy atom. The SMILES string of the molecule is CC(=N)/C(=C(/C)N)c1ccc(C(NC(=O)N2CCCC2C(C)C)C2CCCCC2)cc1.NC=O. The summed E-state index contributed by atoms with van der Waals surface area (Å²) in [7, 11) is 0. The van der Waals surface area contributed by atoms with Crippen LogP contribution in [0.3, 0.4) is 0 Å². The molecule has 1 aromatic carbocycles. The van der Waals surface area contributed by atoms with Gasteiger partial charge in [-0.1, -0.05) is 57.4 Å². The summed E-state index contributed by atoms with van der Waals surface area (Å²) in [6.07, 6.45) is 8.53. The molecule has 1 aliphatic carbocycles. The lowest BCUT2D eigenvalue weighted by Crippen LogP contribution is -2.47. The molecule has 7 heteroatoms. The minimum atomic E-state index is 0.0303. The zero-order valence-electron chi connectivity index (χ0n) is 21.3. The topological polar surface area (TPSA) is 125 Å². The van der Waals surface area contributed by atoms with Crippen molar-refractivity contribution in [3.8, 4) is 0 Å². The van der Waals surface area contributed by atoms with Crippen molar-refractivity contribution in [1.82, 2.24) is 10.2 Å². The lowest BCUT2D eigenvalue weighted by atomic mass is 9.81. The number of benzene rings is 1. The maximum atomic E-state index is 13.3.